The molecule has 0 aromatic heterocycles. The highest BCUT2D eigenvalue weighted by Gasteiger charge is 2.27. The van der Waals surface area contributed by atoms with E-state index in [1.165, 1.54) is 12.8 Å². The molecular weight excluding hydrogens is 309 g/mol. The molecule has 0 bridgehead atoms. The normalized spacial score (nSPS) is 18.2. The number of hydrogen-bond acceptors (Lipinski definition) is 3. The summed E-state index contributed by atoms with van der Waals surface area (Å²) in [5.74, 6) is 0.347. The Labute approximate surface area is 127 Å². The molecule has 2 N–H and O–H groups in total. The number of rotatable bonds is 6. The van der Waals surface area contributed by atoms with E-state index in [-0.39, 0.29) is 6.61 Å². The van der Waals surface area contributed by atoms with E-state index in [9.17, 15) is 5.11 Å². The van der Waals surface area contributed by atoms with Gasteiger partial charge >= 0.3 is 0 Å². The molecule has 3 nitrogen and oxygen atoms in total. The average molecular weight is 325 g/mol. The van der Waals surface area contributed by atoms with Gasteiger partial charge in [0.2, 0.25) is 0 Å². The van der Waals surface area contributed by atoms with Crippen LogP contribution in [0.5, 0.6) is 5.75 Å². The van der Waals surface area contributed by atoms with Crippen LogP contribution >= 0.6 is 34.8 Å². The molecule has 0 aliphatic heterocycles. The van der Waals surface area contributed by atoms with Crippen LogP contribution in [0.2, 0.25) is 15.1 Å². The highest BCUT2D eigenvalue weighted by Crippen LogP contribution is 2.36. The standard InChI is InChI=1S/C13H16Cl3NO2/c1-13(18,6-17-9-2-3-9)7-19-12-10(15)4-8(14)5-11(12)16/h4-5,9,17-18H,2-3,6-7H2,1H3. The number of hydrogen-bond donors (Lipinski definition) is 2. The molecule has 0 heterocycles. The molecule has 1 fully saturated rings. The van der Waals surface area contributed by atoms with Gasteiger partial charge in [-0.1, -0.05) is 34.8 Å². The molecule has 1 unspecified atom stereocenters. The second-order valence-corrected chi connectivity index (χ2v) is 6.39. The van der Waals surface area contributed by atoms with E-state index < -0.39 is 5.60 Å². The fraction of sp³-hybridized carbons (Fsp3) is 0.538. The van der Waals surface area contributed by atoms with Crippen molar-refractivity contribution in [1.82, 2.24) is 5.32 Å². The zero-order valence-corrected chi connectivity index (χ0v) is 12.8. The monoisotopic (exact) mass is 323 g/mol. The summed E-state index contributed by atoms with van der Waals surface area (Å²) in [7, 11) is 0. The van der Waals surface area contributed by atoms with Gasteiger partial charge in [-0.3, -0.25) is 0 Å². The molecule has 1 atom stereocenters. The number of nitrogens with one attached hydrogen (secondary N) is 1. The molecule has 2 rings (SSSR count). The number of halogens is 3. The minimum absolute atomic E-state index is 0.105. The van der Waals surface area contributed by atoms with Crippen molar-refractivity contribution in [2.75, 3.05) is 13.2 Å². The Morgan fingerprint density at radius 1 is 1.32 bits per heavy atom. The summed E-state index contributed by atoms with van der Waals surface area (Å²) >= 11 is 17.8. The van der Waals surface area contributed by atoms with Crippen LogP contribution in [-0.4, -0.2) is 29.9 Å². The highest BCUT2D eigenvalue weighted by molar-refractivity contribution is 6.40. The van der Waals surface area contributed by atoms with Crippen LogP contribution in [0.4, 0.5) is 0 Å². The lowest BCUT2D eigenvalue weighted by Gasteiger charge is -2.24. The van der Waals surface area contributed by atoms with Crippen molar-refractivity contribution < 1.29 is 9.84 Å². The molecule has 1 aliphatic carbocycles. The molecule has 1 aromatic rings. The Bertz CT molecular complexity index is 438. The van der Waals surface area contributed by atoms with E-state index in [2.05, 4.69) is 5.32 Å². The minimum atomic E-state index is -0.977. The molecule has 106 valence electrons. The van der Waals surface area contributed by atoms with E-state index in [1.807, 2.05) is 0 Å². The summed E-state index contributed by atoms with van der Waals surface area (Å²) in [6.07, 6.45) is 2.34. The zero-order valence-electron chi connectivity index (χ0n) is 10.5. The molecule has 0 spiro atoms. The molecule has 0 amide bonds. The average Bonchev–Trinajstić information content (AvgIpc) is 3.08. The van der Waals surface area contributed by atoms with E-state index in [0.29, 0.717) is 33.4 Å². The summed E-state index contributed by atoms with van der Waals surface area (Å²) in [6, 6.07) is 3.65. The van der Waals surface area contributed by atoms with Crippen molar-refractivity contribution in [2.24, 2.45) is 0 Å². The van der Waals surface area contributed by atoms with Gasteiger partial charge in [-0.05, 0) is 31.9 Å². The number of ether oxygens (including phenoxy) is 1. The van der Waals surface area contributed by atoms with Crippen molar-refractivity contribution in [3.05, 3.63) is 27.2 Å². The van der Waals surface area contributed by atoms with Crippen molar-refractivity contribution >= 4 is 34.8 Å². The molecule has 1 saturated carbocycles. The van der Waals surface area contributed by atoms with Crippen LogP contribution in [0.25, 0.3) is 0 Å². The van der Waals surface area contributed by atoms with E-state index in [1.54, 1.807) is 19.1 Å². The van der Waals surface area contributed by atoms with E-state index in [4.69, 9.17) is 39.5 Å². The Morgan fingerprint density at radius 3 is 2.42 bits per heavy atom. The SMILES string of the molecule is CC(O)(CNC1CC1)COc1c(Cl)cc(Cl)cc1Cl. The van der Waals surface area contributed by atoms with Gasteiger partial charge in [0.05, 0.1) is 10.0 Å². The molecule has 19 heavy (non-hydrogen) atoms. The van der Waals surface area contributed by atoms with Crippen LogP contribution in [0.15, 0.2) is 12.1 Å². The van der Waals surface area contributed by atoms with Gasteiger partial charge in [-0.2, -0.15) is 0 Å². The first-order valence-electron chi connectivity index (χ1n) is 6.10. The summed E-state index contributed by atoms with van der Waals surface area (Å²) in [4.78, 5) is 0. The van der Waals surface area contributed by atoms with Crippen molar-refractivity contribution in [3.63, 3.8) is 0 Å². The Morgan fingerprint density at radius 2 is 1.89 bits per heavy atom. The first kappa shape index (κ1) is 15.2. The third-order valence-electron chi connectivity index (χ3n) is 2.84. The van der Waals surface area contributed by atoms with Crippen LogP contribution in [0.3, 0.4) is 0 Å². The van der Waals surface area contributed by atoms with E-state index >= 15 is 0 Å². The molecule has 1 aliphatic rings. The Balaban J connectivity index is 1.93. The third kappa shape index (κ3) is 4.69. The van der Waals surface area contributed by atoms with Gasteiger partial charge in [0.15, 0.2) is 5.75 Å². The second-order valence-electron chi connectivity index (χ2n) is 5.14. The van der Waals surface area contributed by atoms with Crippen molar-refractivity contribution in [2.45, 2.75) is 31.4 Å². The lowest BCUT2D eigenvalue weighted by molar-refractivity contribution is 0.0121. The fourth-order valence-corrected chi connectivity index (χ4v) is 2.52. The number of benzene rings is 1. The Hall–Kier alpha value is -0.190. The van der Waals surface area contributed by atoms with Crippen molar-refractivity contribution in [3.8, 4) is 5.75 Å². The first-order valence-corrected chi connectivity index (χ1v) is 7.24. The van der Waals surface area contributed by atoms with Crippen LogP contribution < -0.4 is 10.1 Å². The van der Waals surface area contributed by atoms with Crippen LogP contribution in [0, 0.1) is 0 Å². The smallest absolute Gasteiger partial charge is 0.156 e. The maximum atomic E-state index is 10.2. The van der Waals surface area contributed by atoms with Gasteiger partial charge in [0.25, 0.3) is 0 Å². The molecule has 0 saturated heterocycles. The van der Waals surface area contributed by atoms with E-state index in [0.717, 1.165) is 0 Å². The van der Waals surface area contributed by atoms with Gasteiger partial charge in [-0.15, -0.1) is 0 Å². The predicted octanol–water partition coefficient (Wildman–Crippen LogP) is 3.53. The van der Waals surface area contributed by atoms with Crippen molar-refractivity contribution in [1.29, 1.82) is 0 Å². The maximum Gasteiger partial charge on any atom is 0.156 e. The zero-order chi connectivity index (χ0) is 14.0. The third-order valence-corrected chi connectivity index (χ3v) is 3.62. The summed E-state index contributed by atoms with van der Waals surface area (Å²) in [5.41, 5.74) is -0.977. The summed E-state index contributed by atoms with van der Waals surface area (Å²) in [5, 5.41) is 14.6. The second kappa shape index (κ2) is 6.06. The van der Waals surface area contributed by atoms with Crippen LogP contribution in [0.1, 0.15) is 19.8 Å². The predicted molar refractivity (Wildman–Crippen MR) is 78.6 cm³/mol. The van der Waals surface area contributed by atoms with Gasteiger partial charge in [-0.25, -0.2) is 0 Å². The highest BCUT2D eigenvalue weighted by atomic mass is 35.5. The lowest BCUT2D eigenvalue weighted by atomic mass is 10.1. The molecule has 1 aromatic carbocycles. The summed E-state index contributed by atoms with van der Waals surface area (Å²) < 4.78 is 5.53. The first-order chi connectivity index (χ1) is 8.87. The van der Waals surface area contributed by atoms with Gasteiger partial charge < -0.3 is 15.2 Å². The number of aliphatic hydroxyl groups is 1. The molecular formula is C13H16Cl3NO2. The topological polar surface area (TPSA) is 41.5 Å². The quantitative estimate of drug-likeness (QED) is 0.841. The lowest BCUT2D eigenvalue weighted by Crippen LogP contribution is -2.43. The van der Waals surface area contributed by atoms with Crippen LogP contribution in [-0.2, 0) is 0 Å². The largest absolute Gasteiger partial charge is 0.487 e. The summed E-state index contributed by atoms with van der Waals surface area (Å²) in [6.45, 7) is 2.29. The Kier molecular flexibility index (Phi) is 4.85. The van der Waals surface area contributed by atoms with Gasteiger partial charge in [0.1, 0.15) is 12.2 Å². The molecule has 6 heteroatoms. The van der Waals surface area contributed by atoms with Gasteiger partial charge in [0, 0.05) is 17.6 Å². The minimum Gasteiger partial charge on any atom is -0.487 e. The fourth-order valence-electron chi connectivity index (χ4n) is 1.60. The maximum absolute atomic E-state index is 10.2. The molecule has 0 radical (unpaired) electrons.